The number of rotatable bonds is 5. The molecule has 1 fully saturated rings. The maximum Gasteiger partial charge on any atom is 0.277 e. The number of aromatic nitrogens is 2. The summed E-state index contributed by atoms with van der Waals surface area (Å²) >= 11 is 0. The van der Waals surface area contributed by atoms with E-state index in [1.807, 2.05) is 53.4 Å². The number of anilines is 2. The summed E-state index contributed by atoms with van der Waals surface area (Å²) in [6, 6.07) is 15.2. The molecule has 9 nitrogen and oxygen atoms in total. The summed E-state index contributed by atoms with van der Waals surface area (Å²) in [4.78, 5) is 34.4. The largest absolute Gasteiger partial charge is 0.497 e. The average Bonchev–Trinajstić information content (AvgIpc) is 3.58. The maximum absolute atomic E-state index is 13.9. The molecule has 3 aliphatic rings. The lowest BCUT2D eigenvalue weighted by Crippen LogP contribution is -2.39. The third-order valence-corrected chi connectivity index (χ3v) is 7.03. The molecule has 1 saturated heterocycles. The van der Waals surface area contributed by atoms with Gasteiger partial charge in [-0.15, -0.1) is 0 Å². The van der Waals surface area contributed by atoms with Crippen molar-refractivity contribution in [2.45, 2.75) is 25.7 Å². The van der Waals surface area contributed by atoms with E-state index in [-0.39, 0.29) is 11.8 Å². The molecule has 4 heterocycles. The van der Waals surface area contributed by atoms with Gasteiger partial charge in [-0.25, -0.2) is 4.68 Å². The Bertz CT molecular complexity index is 1340. The van der Waals surface area contributed by atoms with Crippen LogP contribution in [0, 0.1) is 0 Å². The molecule has 0 saturated carbocycles. The minimum Gasteiger partial charge on any atom is -0.497 e. The molecule has 184 valence electrons. The third-order valence-electron chi connectivity index (χ3n) is 7.03. The van der Waals surface area contributed by atoms with Crippen LogP contribution in [0.1, 0.15) is 41.0 Å². The summed E-state index contributed by atoms with van der Waals surface area (Å²) < 4.78 is 7.03. The van der Waals surface area contributed by atoms with Crippen LogP contribution in [-0.2, 0) is 11.2 Å². The van der Waals surface area contributed by atoms with Gasteiger partial charge in [0.05, 0.1) is 19.3 Å². The van der Waals surface area contributed by atoms with Gasteiger partial charge >= 0.3 is 0 Å². The fourth-order valence-corrected chi connectivity index (χ4v) is 5.15. The number of amides is 2. The van der Waals surface area contributed by atoms with Crippen LogP contribution in [0.4, 0.5) is 11.4 Å². The van der Waals surface area contributed by atoms with Gasteiger partial charge in [0.15, 0.2) is 0 Å². The second kappa shape index (κ2) is 9.14. The number of carbonyl (C=O) groups excluding carboxylic acids is 2. The number of hydrogen-bond acceptors (Lipinski definition) is 6. The summed E-state index contributed by atoms with van der Waals surface area (Å²) in [7, 11) is 1.63. The van der Waals surface area contributed by atoms with Crippen molar-refractivity contribution in [2.24, 2.45) is 4.99 Å². The molecule has 0 atom stereocenters. The predicted octanol–water partition coefficient (Wildman–Crippen LogP) is 2.95. The second-order valence-corrected chi connectivity index (χ2v) is 9.17. The molecule has 0 aliphatic carbocycles. The number of carbonyl (C=O) groups is 2. The van der Waals surface area contributed by atoms with E-state index in [0.29, 0.717) is 31.6 Å². The Morgan fingerprint density at radius 2 is 1.58 bits per heavy atom. The lowest BCUT2D eigenvalue weighted by atomic mass is 10.0. The highest BCUT2D eigenvalue weighted by Crippen LogP contribution is 2.31. The van der Waals surface area contributed by atoms with Crippen LogP contribution in [0.15, 0.2) is 53.5 Å². The molecule has 9 heteroatoms. The van der Waals surface area contributed by atoms with E-state index in [1.165, 1.54) is 0 Å². The minimum atomic E-state index is -0.105. The topological polar surface area (TPSA) is 92.1 Å². The van der Waals surface area contributed by atoms with Gasteiger partial charge in [0.2, 0.25) is 5.91 Å². The van der Waals surface area contributed by atoms with Crippen molar-refractivity contribution in [3.8, 4) is 11.4 Å². The number of aliphatic imine (C=N–C) groups is 1. The maximum atomic E-state index is 13.9. The zero-order valence-corrected chi connectivity index (χ0v) is 20.2. The number of hydrogen-bond donors (Lipinski definition) is 1. The molecule has 36 heavy (non-hydrogen) atoms. The van der Waals surface area contributed by atoms with Crippen molar-refractivity contribution in [1.82, 2.24) is 15.1 Å². The fraction of sp³-hybridized carbons (Fsp3) is 0.333. The third kappa shape index (κ3) is 3.80. The Morgan fingerprint density at radius 1 is 0.861 bits per heavy atom. The second-order valence-electron chi connectivity index (χ2n) is 9.17. The lowest BCUT2D eigenvalue weighted by Gasteiger charge is -2.29. The molecule has 1 N–H and O–H groups in total. The molecule has 2 aromatic carbocycles. The number of ether oxygens (including phenoxy) is 1. The van der Waals surface area contributed by atoms with Gasteiger partial charge in [0, 0.05) is 43.0 Å². The standard InChI is InChI=1S/C27H28N6O3/c1-36-21-11-9-20(10-12-21)33-25-22(24(30-33)26-28-14-15-29-26)13-17-32(27(25)35)19-7-5-18(6-8-19)31-16-3-2-4-23(31)34/h5-12H,2-4,13-17H2,1H3,(H,28,29). The number of methoxy groups -OCH3 is 1. The van der Waals surface area contributed by atoms with E-state index in [1.54, 1.807) is 16.7 Å². The highest BCUT2D eigenvalue weighted by atomic mass is 16.5. The van der Waals surface area contributed by atoms with Crippen LogP contribution >= 0.6 is 0 Å². The number of nitrogens with zero attached hydrogens (tertiary/aromatic N) is 5. The van der Waals surface area contributed by atoms with Crippen LogP contribution in [0.25, 0.3) is 5.69 Å². The van der Waals surface area contributed by atoms with E-state index >= 15 is 0 Å². The summed E-state index contributed by atoms with van der Waals surface area (Å²) in [5.41, 5.74) is 4.67. The van der Waals surface area contributed by atoms with Gasteiger partial charge in [-0.05, 0) is 67.8 Å². The van der Waals surface area contributed by atoms with Crippen LogP contribution < -0.4 is 19.9 Å². The first kappa shape index (κ1) is 22.3. The van der Waals surface area contributed by atoms with E-state index in [4.69, 9.17) is 9.84 Å². The Morgan fingerprint density at radius 3 is 2.25 bits per heavy atom. The summed E-state index contributed by atoms with van der Waals surface area (Å²) in [6.07, 6.45) is 3.22. The smallest absolute Gasteiger partial charge is 0.277 e. The molecule has 0 spiro atoms. The van der Waals surface area contributed by atoms with Crippen molar-refractivity contribution in [1.29, 1.82) is 0 Å². The van der Waals surface area contributed by atoms with Crippen LogP contribution in [0.2, 0.25) is 0 Å². The van der Waals surface area contributed by atoms with Crippen LogP contribution in [-0.4, -0.2) is 60.7 Å². The monoisotopic (exact) mass is 484 g/mol. The van der Waals surface area contributed by atoms with Crippen molar-refractivity contribution in [3.63, 3.8) is 0 Å². The first-order valence-corrected chi connectivity index (χ1v) is 12.4. The van der Waals surface area contributed by atoms with E-state index in [0.717, 1.165) is 65.8 Å². The molecule has 2 amide bonds. The molecule has 3 aliphatic heterocycles. The van der Waals surface area contributed by atoms with Crippen molar-refractivity contribution >= 4 is 29.0 Å². The van der Waals surface area contributed by atoms with Crippen molar-refractivity contribution < 1.29 is 14.3 Å². The molecular formula is C27H28N6O3. The number of nitrogens with one attached hydrogen (secondary N) is 1. The van der Waals surface area contributed by atoms with E-state index in [2.05, 4.69) is 10.3 Å². The zero-order chi connectivity index (χ0) is 24.6. The highest BCUT2D eigenvalue weighted by Gasteiger charge is 2.35. The summed E-state index contributed by atoms with van der Waals surface area (Å²) in [5, 5.41) is 8.15. The molecular weight excluding hydrogens is 456 g/mol. The number of benzene rings is 2. The van der Waals surface area contributed by atoms with Gasteiger partial charge in [0.25, 0.3) is 5.91 Å². The average molecular weight is 485 g/mol. The van der Waals surface area contributed by atoms with E-state index in [9.17, 15) is 9.59 Å². The summed E-state index contributed by atoms with van der Waals surface area (Å²) in [5.74, 6) is 1.54. The Hall–Kier alpha value is -4.14. The molecule has 0 unspecified atom stereocenters. The number of fused-ring (bicyclic) bond motifs is 1. The number of piperidine rings is 1. The van der Waals surface area contributed by atoms with Crippen LogP contribution in [0.3, 0.4) is 0 Å². The zero-order valence-electron chi connectivity index (χ0n) is 20.2. The minimum absolute atomic E-state index is 0.105. The van der Waals surface area contributed by atoms with Crippen molar-refractivity contribution in [3.05, 3.63) is 65.5 Å². The van der Waals surface area contributed by atoms with Crippen molar-refractivity contribution in [2.75, 3.05) is 43.1 Å². The quantitative estimate of drug-likeness (QED) is 0.601. The van der Waals surface area contributed by atoms with Gasteiger partial charge < -0.3 is 19.9 Å². The van der Waals surface area contributed by atoms with Gasteiger partial charge in [-0.2, -0.15) is 5.10 Å². The Labute approximate surface area is 209 Å². The molecule has 0 radical (unpaired) electrons. The molecule has 0 bridgehead atoms. The normalized spacial score (nSPS) is 17.6. The van der Waals surface area contributed by atoms with Gasteiger partial charge in [0.1, 0.15) is 23.0 Å². The Balaban J connectivity index is 1.36. The summed E-state index contributed by atoms with van der Waals surface area (Å²) in [6.45, 7) is 2.76. The number of amidine groups is 1. The first-order chi connectivity index (χ1) is 17.6. The fourth-order valence-electron chi connectivity index (χ4n) is 5.15. The lowest BCUT2D eigenvalue weighted by molar-refractivity contribution is -0.119. The van der Waals surface area contributed by atoms with Gasteiger partial charge in [-0.1, -0.05) is 0 Å². The van der Waals surface area contributed by atoms with Crippen LogP contribution in [0.5, 0.6) is 5.75 Å². The highest BCUT2D eigenvalue weighted by molar-refractivity contribution is 6.10. The molecule has 3 aromatic rings. The SMILES string of the molecule is COc1ccc(-n2nc(C3=NCCN3)c3c2C(=O)N(c2ccc(N4CCCCC4=O)cc2)CC3)cc1. The molecule has 6 rings (SSSR count). The Kier molecular flexibility index (Phi) is 5.67. The predicted molar refractivity (Wildman–Crippen MR) is 138 cm³/mol. The van der Waals surface area contributed by atoms with E-state index < -0.39 is 0 Å². The molecule has 1 aromatic heterocycles. The van der Waals surface area contributed by atoms with Gasteiger partial charge in [-0.3, -0.25) is 14.6 Å². The first-order valence-electron chi connectivity index (χ1n) is 12.4.